The molecule has 0 saturated carbocycles. The summed E-state index contributed by atoms with van der Waals surface area (Å²) >= 11 is 0. The largest absolute Gasteiger partial charge is 0.375 e. The van der Waals surface area contributed by atoms with Crippen LogP contribution in [0.1, 0.15) is 31.9 Å². The van der Waals surface area contributed by atoms with Crippen molar-refractivity contribution in [1.29, 1.82) is 0 Å². The van der Waals surface area contributed by atoms with Gasteiger partial charge < -0.3 is 10.1 Å². The number of nitro groups is 1. The molecule has 0 heterocycles. The maximum atomic E-state index is 10.9. The summed E-state index contributed by atoms with van der Waals surface area (Å²) in [5.74, 6) is 0. The summed E-state index contributed by atoms with van der Waals surface area (Å²) in [6, 6.07) is 5.15. The van der Waals surface area contributed by atoms with Gasteiger partial charge in [0, 0.05) is 31.3 Å². The van der Waals surface area contributed by atoms with Crippen LogP contribution >= 0.6 is 0 Å². The molecule has 5 nitrogen and oxygen atoms in total. The van der Waals surface area contributed by atoms with Crippen LogP contribution in [0.2, 0.25) is 0 Å². The van der Waals surface area contributed by atoms with Crippen LogP contribution in [0.25, 0.3) is 0 Å². The Bertz CT molecular complexity index is 444. The van der Waals surface area contributed by atoms with E-state index in [2.05, 4.69) is 5.32 Å². The third-order valence-electron chi connectivity index (χ3n) is 3.02. The van der Waals surface area contributed by atoms with Gasteiger partial charge in [-0.1, -0.05) is 12.1 Å². The fraction of sp³-hybridized carbons (Fsp3) is 0.571. The maximum absolute atomic E-state index is 10.9. The molecule has 1 rings (SSSR count). The van der Waals surface area contributed by atoms with Crippen LogP contribution in [-0.2, 0) is 11.3 Å². The average molecular weight is 266 g/mol. The van der Waals surface area contributed by atoms with Crippen molar-refractivity contribution in [2.45, 2.75) is 39.8 Å². The molecule has 1 aromatic rings. The molecule has 0 aliphatic rings. The van der Waals surface area contributed by atoms with Crippen LogP contribution in [0.3, 0.4) is 0 Å². The average Bonchev–Trinajstić information content (AvgIpc) is 2.30. The highest BCUT2D eigenvalue weighted by atomic mass is 16.6. The van der Waals surface area contributed by atoms with E-state index in [-0.39, 0.29) is 16.2 Å². The van der Waals surface area contributed by atoms with E-state index in [0.717, 1.165) is 5.56 Å². The van der Waals surface area contributed by atoms with Gasteiger partial charge >= 0.3 is 0 Å². The van der Waals surface area contributed by atoms with Crippen molar-refractivity contribution in [1.82, 2.24) is 5.32 Å². The minimum absolute atomic E-state index is 0.170. The number of nitro benzene ring substituents is 1. The number of ether oxygens (including phenoxy) is 1. The Morgan fingerprint density at radius 3 is 2.68 bits per heavy atom. The Morgan fingerprint density at radius 2 is 2.11 bits per heavy atom. The lowest BCUT2D eigenvalue weighted by Gasteiger charge is -2.25. The molecule has 0 amide bonds. The summed E-state index contributed by atoms with van der Waals surface area (Å²) in [5, 5.41) is 14.1. The normalized spacial score (nSPS) is 11.6. The van der Waals surface area contributed by atoms with E-state index < -0.39 is 0 Å². The number of benzene rings is 1. The molecule has 0 bridgehead atoms. The zero-order chi connectivity index (χ0) is 14.5. The lowest BCUT2D eigenvalue weighted by atomic mass is 10.1. The number of hydrogen-bond acceptors (Lipinski definition) is 4. The Labute approximate surface area is 114 Å². The van der Waals surface area contributed by atoms with Gasteiger partial charge in [-0.2, -0.15) is 0 Å². The molecule has 5 heteroatoms. The first-order valence-corrected chi connectivity index (χ1v) is 6.45. The minimum Gasteiger partial charge on any atom is -0.375 e. The molecule has 19 heavy (non-hydrogen) atoms. The highest BCUT2D eigenvalue weighted by Gasteiger charge is 2.18. The highest BCUT2D eigenvalue weighted by Crippen LogP contribution is 2.21. The van der Waals surface area contributed by atoms with Gasteiger partial charge in [0.1, 0.15) is 0 Å². The summed E-state index contributed by atoms with van der Waals surface area (Å²) in [4.78, 5) is 10.5. The molecular weight excluding hydrogens is 244 g/mol. The second-order valence-corrected chi connectivity index (χ2v) is 5.11. The zero-order valence-corrected chi connectivity index (χ0v) is 12.0. The third-order valence-corrected chi connectivity index (χ3v) is 3.02. The number of rotatable bonds is 7. The van der Waals surface area contributed by atoms with Crippen LogP contribution in [0.5, 0.6) is 0 Å². The van der Waals surface area contributed by atoms with Crippen LogP contribution in [0, 0.1) is 17.0 Å². The number of nitrogens with one attached hydrogen (secondary N) is 1. The lowest BCUT2D eigenvalue weighted by molar-refractivity contribution is -0.385. The van der Waals surface area contributed by atoms with Gasteiger partial charge in [-0.3, -0.25) is 10.1 Å². The van der Waals surface area contributed by atoms with Crippen molar-refractivity contribution in [3.05, 3.63) is 39.4 Å². The van der Waals surface area contributed by atoms with Gasteiger partial charge in [0.25, 0.3) is 5.69 Å². The Kier molecular flexibility index (Phi) is 5.44. The van der Waals surface area contributed by atoms with Crippen molar-refractivity contribution < 1.29 is 9.66 Å². The van der Waals surface area contributed by atoms with Crippen LogP contribution in [0.15, 0.2) is 18.2 Å². The highest BCUT2D eigenvalue weighted by molar-refractivity contribution is 5.44. The smallest absolute Gasteiger partial charge is 0.272 e. The molecule has 0 radical (unpaired) electrons. The van der Waals surface area contributed by atoms with E-state index in [4.69, 9.17) is 4.74 Å². The van der Waals surface area contributed by atoms with Crippen molar-refractivity contribution in [3.63, 3.8) is 0 Å². The monoisotopic (exact) mass is 266 g/mol. The summed E-state index contributed by atoms with van der Waals surface area (Å²) in [7, 11) is 0. The molecule has 0 aliphatic carbocycles. The van der Waals surface area contributed by atoms with Gasteiger partial charge in [-0.05, 0) is 33.3 Å². The van der Waals surface area contributed by atoms with Crippen LogP contribution in [-0.4, -0.2) is 23.7 Å². The molecule has 0 aromatic heterocycles. The molecule has 0 aliphatic heterocycles. The fourth-order valence-electron chi connectivity index (χ4n) is 2.00. The Balaban J connectivity index is 2.64. The van der Waals surface area contributed by atoms with E-state index in [1.807, 2.05) is 26.8 Å². The second-order valence-electron chi connectivity index (χ2n) is 5.11. The van der Waals surface area contributed by atoms with E-state index in [0.29, 0.717) is 25.3 Å². The SMILES string of the molecule is CCOC(C)(C)CNCc1cccc([N+](=O)[O-])c1C. The van der Waals surface area contributed by atoms with Crippen LogP contribution < -0.4 is 5.32 Å². The third kappa shape index (κ3) is 4.61. The molecule has 106 valence electrons. The van der Waals surface area contributed by atoms with Gasteiger partial charge in [-0.25, -0.2) is 0 Å². The summed E-state index contributed by atoms with van der Waals surface area (Å²) in [5.41, 5.74) is 1.60. The molecular formula is C14H22N2O3. The Hall–Kier alpha value is -1.46. The van der Waals surface area contributed by atoms with Crippen molar-refractivity contribution >= 4 is 5.69 Å². The van der Waals surface area contributed by atoms with Crippen molar-refractivity contribution in [2.75, 3.05) is 13.2 Å². The standard InChI is InChI=1S/C14H22N2O3/c1-5-19-14(3,4)10-15-9-12-7-6-8-13(11(12)2)16(17)18/h6-8,15H,5,9-10H2,1-4H3. The van der Waals surface area contributed by atoms with Gasteiger partial charge in [-0.15, -0.1) is 0 Å². The first-order chi connectivity index (χ1) is 8.87. The van der Waals surface area contributed by atoms with Gasteiger partial charge in [0.05, 0.1) is 10.5 Å². The van der Waals surface area contributed by atoms with Crippen molar-refractivity contribution in [2.24, 2.45) is 0 Å². The van der Waals surface area contributed by atoms with Gasteiger partial charge in [0.2, 0.25) is 0 Å². The first kappa shape index (κ1) is 15.6. The summed E-state index contributed by atoms with van der Waals surface area (Å²) in [6.45, 7) is 9.75. The summed E-state index contributed by atoms with van der Waals surface area (Å²) < 4.78 is 5.59. The zero-order valence-electron chi connectivity index (χ0n) is 12.0. The molecule has 0 saturated heterocycles. The number of hydrogen-bond donors (Lipinski definition) is 1. The Morgan fingerprint density at radius 1 is 1.42 bits per heavy atom. The van der Waals surface area contributed by atoms with E-state index >= 15 is 0 Å². The van der Waals surface area contributed by atoms with Crippen molar-refractivity contribution in [3.8, 4) is 0 Å². The fourth-order valence-corrected chi connectivity index (χ4v) is 2.00. The minimum atomic E-state index is -0.344. The lowest BCUT2D eigenvalue weighted by Crippen LogP contribution is -2.37. The molecule has 0 unspecified atom stereocenters. The van der Waals surface area contributed by atoms with E-state index in [1.54, 1.807) is 13.0 Å². The molecule has 0 spiro atoms. The molecule has 1 aromatic carbocycles. The molecule has 0 atom stereocenters. The molecule has 0 fully saturated rings. The summed E-state index contributed by atoms with van der Waals surface area (Å²) in [6.07, 6.45) is 0. The quantitative estimate of drug-likeness (QED) is 0.609. The van der Waals surface area contributed by atoms with E-state index in [1.165, 1.54) is 6.07 Å². The predicted molar refractivity (Wildman–Crippen MR) is 75.2 cm³/mol. The molecule has 1 N–H and O–H groups in total. The second kappa shape index (κ2) is 6.63. The number of nitrogens with zero attached hydrogens (tertiary/aromatic N) is 1. The van der Waals surface area contributed by atoms with Gasteiger partial charge in [0.15, 0.2) is 0 Å². The first-order valence-electron chi connectivity index (χ1n) is 6.45. The maximum Gasteiger partial charge on any atom is 0.272 e. The topological polar surface area (TPSA) is 64.4 Å². The van der Waals surface area contributed by atoms with E-state index in [9.17, 15) is 10.1 Å². The predicted octanol–water partition coefficient (Wildman–Crippen LogP) is 2.81. The van der Waals surface area contributed by atoms with Crippen LogP contribution in [0.4, 0.5) is 5.69 Å².